The molecule has 1 atom stereocenters. The molecule has 1 unspecified atom stereocenters. The van der Waals surface area contributed by atoms with Crippen molar-refractivity contribution in [1.82, 2.24) is 0 Å². The Balaban J connectivity index is 2.35. The lowest BCUT2D eigenvalue weighted by Gasteiger charge is -2.11. The molecule has 2 N–H and O–H groups in total. The molecule has 0 saturated heterocycles. The maximum absolute atomic E-state index is 11.2. The fourth-order valence-electron chi connectivity index (χ4n) is 1.83. The Morgan fingerprint density at radius 1 is 1.21 bits per heavy atom. The van der Waals surface area contributed by atoms with Gasteiger partial charge < -0.3 is 15.2 Å². The average Bonchev–Trinajstić information content (AvgIpc) is 2.39. The van der Waals surface area contributed by atoms with Gasteiger partial charge in [0.2, 0.25) is 0 Å². The Labute approximate surface area is 114 Å². The van der Waals surface area contributed by atoms with Gasteiger partial charge in [-0.15, -0.1) is 0 Å². The van der Waals surface area contributed by atoms with Crippen LogP contribution in [0.2, 0.25) is 0 Å². The zero-order chi connectivity index (χ0) is 14.1. The van der Waals surface area contributed by atoms with Crippen molar-refractivity contribution in [2.24, 2.45) is 5.73 Å². The van der Waals surface area contributed by atoms with Crippen molar-refractivity contribution >= 4 is 5.97 Å². The molecule has 0 radical (unpaired) electrons. The lowest BCUT2D eigenvalue weighted by Crippen LogP contribution is -2.24. The summed E-state index contributed by atoms with van der Waals surface area (Å²) in [5.74, 6) is 0.691. The van der Waals surface area contributed by atoms with Crippen LogP contribution in [0.25, 0.3) is 0 Å². The van der Waals surface area contributed by atoms with Crippen molar-refractivity contribution in [3.63, 3.8) is 0 Å². The predicted octanol–water partition coefficient (Wildman–Crippen LogP) is 2.30. The van der Waals surface area contributed by atoms with Gasteiger partial charge in [-0.05, 0) is 44.4 Å². The number of carbonyl (C=O) groups excluding carboxylic acids is 1. The second kappa shape index (κ2) is 8.53. The molecule has 0 bridgehead atoms. The van der Waals surface area contributed by atoms with Crippen LogP contribution in [0.4, 0.5) is 0 Å². The van der Waals surface area contributed by atoms with Crippen LogP contribution in [0.15, 0.2) is 24.3 Å². The molecular weight excluding hydrogens is 242 g/mol. The number of esters is 1. The van der Waals surface area contributed by atoms with Crippen LogP contribution < -0.4 is 10.5 Å². The zero-order valence-corrected chi connectivity index (χ0v) is 11.7. The SMILES string of the molecule is CCOC(=O)CCC(N)Cc1ccc(OCC)cc1. The number of hydrogen-bond donors (Lipinski definition) is 1. The van der Waals surface area contributed by atoms with Gasteiger partial charge in [0.05, 0.1) is 13.2 Å². The summed E-state index contributed by atoms with van der Waals surface area (Å²) in [6.07, 6.45) is 1.78. The van der Waals surface area contributed by atoms with Gasteiger partial charge >= 0.3 is 5.97 Å². The Morgan fingerprint density at radius 2 is 1.89 bits per heavy atom. The zero-order valence-electron chi connectivity index (χ0n) is 11.7. The topological polar surface area (TPSA) is 61.5 Å². The first-order valence-electron chi connectivity index (χ1n) is 6.78. The average molecular weight is 265 g/mol. The van der Waals surface area contributed by atoms with Crippen LogP contribution >= 0.6 is 0 Å². The number of benzene rings is 1. The number of carbonyl (C=O) groups is 1. The van der Waals surface area contributed by atoms with Crippen molar-refractivity contribution in [2.45, 2.75) is 39.2 Å². The van der Waals surface area contributed by atoms with E-state index < -0.39 is 0 Å². The third-order valence-electron chi connectivity index (χ3n) is 2.76. The fraction of sp³-hybridized carbons (Fsp3) is 0.533. The molecule has 0 spiro atoms. The Morgan fingerprint density at radius 3 is 2.47 bits per heavy atom. The third kappa shape index (κ3) is 6.25. The quantitative estimate of drug-likeness (QED) is 0.733. The number of nitrogens with two attached hydrogens (primary N) is 1. The Kier molecular flexibility index (Phi) is 6.97. The standard InChI is InChI=1S/C15H23NO3/c1-3-18-14-8-5-12(6-9-14)11-13(16)7-10-15(17)19-4-2/h5-6,8-9,13H,3-4,7,10-11,16H2,1-2H3. The molecule has 0 heterocycles. The largest absolute Gasteiger partial charge is 0.494 e. The van der Waals surface area contributed by atoms with Crippen molar-refractivity contribution in [2.75, 3.05) is 13.2 Å². The maximum Gasteiger partial charge on any atom is 0.305 e. The van der Waals surface area contributed by atoms with Crippen LogP contribution in [0, 0.1) is 0 Å². The molecule has 1 aromatic rings. The van der Waals surface area contributed by atoms with Gasteiger partial charge in [-0.3, -0.25) is 4.79 Å². The van der Waals surface area contributed by atoms with Gasteiger partial charge in [-0.25, -0.2) is 0 Å². The van der Waals surface area contributed by atoms with Gasteiger partial charge in [0.1, 0.15) is 5.75 Å². The molecular formula is C15H23NO3. The van der Waals surface area contributed by atoms with E-state index in [1.54, 1.807) is 6.92 Å². The van der Waals surface area contributed by atoms with Crippen LogP contribution in [-0.4, -0.2) is 25.2 Å². The first-order chi connectivity index (χ1) is 9.15. The summed E-state index contributed by atoms with van der Waals surface area (Å²) < 4.78 is 10.3. The van der Waals surface area contributed by atoms with Crippen molar-refractivity contribution < 1.29 is 14.3 Å². The van der Waals surface area contributed by atoms with Crippen LogP contribution in [-0.2, 0) is 16.0 Å². The molecule has 0 saturated carbocycles. The minimum absolute atomic E-state index is 0.0256. The summed E-state index contributed by atoms with van der Waals surface area (Å²) >= 11 is 0. The van der Waals surface area contributed by atoms with E-state index in [0.717, 1.165) is 17.7 Å². The van der Waals surface area contributed by atoms with E-state index in [4.69, 9.17) is 15.2 Å². The van der Waals surface area contributed by atoms with E-state index >= 15 is 0 Å². The molecule has 1 rings (SSSR count). The summed E-state index contributed by atoms with van der Waals surface area (Å²) in [5, 5.41) is 0. The smallest absolute Gasteiger partial charge is 0.305 e. The normalized spacial score (nSPS) is 11.9. The van der Waals surface area contributed by atoms with Crippen molar-refractivity contribution in [3.8, 4) is 5.75 Å². The summed E-state index contributed by atoms with van der Waals surface area (Å²) in [6, 6.07) is 7.88. The molecule has 0 aliphatic rings. The van der Waals surface area contributed by atoms with Crippen LogP contribution in [0.3, 0.4) is 0 Å². The highest BCUT2D eigenvalue weighted by molar-refractivity contribution is 5.69. The molecule has 0 aromatic heterocycles. The molecule has 0 fully saturated rings. The van der Waals surface area contributed by atoms with Crippen molar-refractivity contribution in [3.05, 3.63) is 29.8 Å². The van der Waals surface area contributed by atoms with E-state index in [1.807, 2.05) is 31.2 Å². The second-order valence-electron chi connectivity index (χ2n) is 4.38. The minimum atomic E-state index is -0.176. The summed E-state index contributed by atoms with van der Waals surface area (Å²) in [6.45, 7) is 4.85. The van der Waals surface area contributed by atoms with Gasteiger partial charge in [0.15, 0.2) is 0 Å². The highest BCUT2D eigenvalue weighted by atomic mass is 16.5. The van der Waals surface area contributed by atoms with Crippen LogP contribution in [0.1, 0.15) is 32.3 Å². The monoisotopic (exact) mass is 265 g/mol. The maximum atomic E-state index is 11.2. The van der Waals surface area contributed by atoms with E-state index in [1.165, 1.54) is 0 Å². The molecule has 4 nitrogen and oxygen atoms in total. The van der Waals surface area contributed by atoms with Gasteiger partial charge in [0, 0.05) is 12.5 Å². The second-order valence-corrected chi connectivity index (χ2v) is 4.38. The van der Waals surface area contributed by atoms with Crippen molar-refractivity contribution in [1.29, 1.82) is 0 Å². The first kappa shape index (κ1) is 15.5. The van der Waals surface area contributed by atoms with E-state index in [0.29, 0.717) is 26.1 Å². The summed E-state index contributed by atoms with van der Waals surface area (Å²) in [7, 11) is 0. The molecule has 4 heteroatoms. The summed E-state index contributed by atoms with van der Waals surface area (Å²) in [5.41, 5.74) is 7.16. The third-order valence-corrected chi connectivity index (χ3v) is 2.76. The molecule has 0 aliphatic heterocycles. The van der Waals surface area contributed by atoms with E-state index in [9.17, 15) is 4.79 Å². The molecule has 106 valence electrons. The summed E-state index contributed by atoms with van der Waals surface area (Å²) in [4.78, 5) is 11.2. The van der Waals surface area contributed by atoms with E-state index in [-0.39, 0.29) is 12.0 Å². The minimum Gasteiger partial charge on any atom is -0.494 e. The number of ether oxygens (including phenoxy) is 2. The Hall–Kier alpha value is -1.55. The molecule has 1 aromatic carbocycles. The van der Waals surface area contributed by atoms with Gasteiger partial charge in [0.25, 0.3) is 0 Å². The lowest BCUT2D eigenvalue weighted by molar-refractivity contribution is -0.143. The van der Waals surface area contributed by atoms with Crippen LogP contribution in [0.5, 0.6) is 5.75 Å². The highest BCUT2D eigenvalue weighted by Crippen LogP contribution is 2.14. The predicted molar refractivity (Wildman–Crippen MR) is 75.2 cm³/mol. The number of hydrogen-bond acceptors (Lipinski definition) is 4. The van der Waals surface area contributed by atoms with Gasteiger partial charge in [-0.1, -0.05) is 12.1 Å². The molecule has 19 heavy (non-hydrogen) atoms. The first-order valence-corrected chi connectivity index (χ1v) is 6.78. The van der Waals surface area contributed by atoms with E-state index in [2.05, 4.69) is 0 Å². The fourth-order valence-corrected chi connectivity index (χ4v) is 1.83. The Bertz CT molecular complexity index is 375. The molecule has 0 aliphatic carbocycles. The van der Waals surface area contributed by atoms with Gasteiger partial charge in [-0.2, -0.15) is 0 Å². The molecule has 0 amide bonds. The highest BCUT2D eigenvalue weighted by Gasteiger charge is 2.08. The lowest BCUT2D eigenvalue weighted by atomic mass is 10.0. The number of rotatable bonds is 8.